The zero-order valence-corrected chi connectivity index (χ0v) is 10.4. The van der Waals surface area contributed by atoms with E-state index in [-0.39, 0.29) is 6.54 Å². The number of hydrogen-bond acceptors (Lipinski definition) is 4. The van der Waals surface area contributed by atoms with E-state index in [4.69, 9.17) is 0 Å². The molecule has 1 saturated heterocycles. The van der Waals surface area contributed by atoms with E-state index in [0.29, 0.717) is 11.7 Å². The molecule has 4 nitrogen and oxygen atoms in total. The molecule has 2 rings (SSSR count). The maximum atomic E-state index is 12.2. The minimum atomic E-state index is -2.38. The highest BCUT2D eigenvalue weighted by Gasteiger charge is 2.22. The molecule has 100 valence electrons. The zero-order valence-electron chi connectivity index (χ0n) is 10.4. The Balaban J connectivity index is 2.07. The van der Waals surface area contributed by atoms with Crippen molar-refractivity contribution in [2.45, 2.75) is 25.2 Å². The van der Waals surface area contributed by atoms with Gasteiger partial charge in [-0.2, -0.15) is 0 Å². The third-order valence-corrected chi connectivity index (χ3v) is 3.26. The fraction of sp³-hybridized carbons (Fsp3) is 0.667. The van der Waals surface area contributed by atoms with Gasteiger partial charge in [0.2, 0.25) is 0 Å². The topological polar surface area (TPSA) is 41.1 Å². The fourth-order valence-corrected chi connectivity index (χ4v) is 2.24. The highest BCUT2D eigenvalue weighted by atomic mass is 19.3. The molecule has 1 aliphatic heterocycles. The molecule has 6 heteroatoms. The molecule has 0 aliphatic carbocycles. The first-order valence-corrected chi connectivity index (χ1v) is 6.18. The molecule has 1 N–H and O–H groups in total. The summed E-state index contributed by atoms with van der Waals surface area (Å²) >= 11 is 0. The van der Waals surface area contributed by atoms with Crippen LogP contribution in [-0.2, 0) is 0 Å². The van der Waals surface area contributed by atoms with Crippen molar-refractivity contribution in [3.05, 3.63) is 18.1 Å². The van der Waals surface area contributed by atoms with Crippen LogP contribution >= 0.6 is 0 Å². The quantitative estimate of drug-likeness (QED) is 0.894. The smallest absolute Gasteiger partial charge is 0.255 e. The van der Waals surface area contributed by atoms with E-state index in [0.717, 1.165) is 31.6 Å². The molecule has 0 amide bonds. The number of anilines is 1. The Morgan fingerprint density at radius 3 is 2.67 bits per heavy atom. The average molecular weight is 256 g/mol. The third kappa shape index (κ3) is 3.35. The van der Waals surface area contributed by atoms with Gasteiger partial charge in [-0.1, -0.05) is 0 Å². The van der Waals surface area contributed by atoms with Gasteiger partial charge in [-0.15, -0.1) is 0 Å². The third-order valence-electron chi connectivity index (χ3n) is 3.26. The highest BCUT2D eigenvalue weighted by Crippen LogP contribution is 2.29. The number of halogens is 2. The van der Waals surface area contributed by atoms with Crippen molar-refractivity contribution in [2.24, 2.45) is 0 Å². The van der Waals surface area contributed by atoms with Crippen molar-refractivity contribution in [2.75, 3.05) is 32.0 Å². The van der Waals surface area contributed by atoms with Crippen LogP contribution in [0.5, 0.6) is 0 Å². The van der Waals surface area contributed by atoms with Gasteiger partial charge in [-0.25, -0.2) is 13.8 Å². The summed E-state index contributed by atoms with van der Waals surface area (Å²) in [4.78, 5) is 10.7. The van der Waals surface area contributed by atoms with Crippen LogP contribution in [-0.4, -0.2) is 48.0 Å². The summed E-state index contributed by atoms with van der Waals surface area (Å²) in [6.45, 7) is 1.64. The lowest BCUT2D eigenvalue weighted by Crippen LogP contribution is -2.30. The van der Waals surface area contributed by atoms with Crippen molar-refractivity contribution >= 4 is 5.82 Å². The second-order valence-corrected chi connectivity index (χ2v) is 4.64. The van der Waals surface area contributed by atoms with Crippen LogP contribution in [0, 0.1) is 0 Å². The van der Waals surface area contributed by atoms with Gasteiger partial charge in [0, 0.05) is 18.3 Å². The average Bonchev–Trinajstić information content (AvgIpc) is 2.38. The molecule has 0 bridgehead atoms. The van der Waals surface area contributed by atoms with Gasteiger partial charge >= 0.3 is 0 Å². The Hall–Kier alpha value is -1.30. The molecule has 1 fully saturated rings. The van der Waals surface area contributed by atoms with Crippen molar-refractivity contribution in [1.82, 2.24) is 14.9 Å². The van der Waals surface area contributed by atoms with E-state index < -0.39 is 6.43 Å². The van der Waals surface area contributed by atoms with Crippen LogP contribution in [0.3, 0.4) is 0 Å². The fourth-order valence-electron chi connectivity index (χ4n) is 2.24. The number of nitrogens with zero attached hydrogens (tertiary/aromatic N) is 3. The van der Waals surface area contributed by atoms with E-state index in [1.54, 1.807) is 6.20 Å². The molecule has 1 aromatic heterocycles. The van der Waals surface area contributed by atoms with Crippen LogP contribution in [0.25, 0.3) is 0 Å². The van der Waals surface area contributed by atoms with Crippen LogP contribution < -0.4 is 5.32 Å². The molecule has 0 saturated carbocycles. The predicted octanol–water partition coefficient (Wildman–Crippen LogP) is 1.96. The second-order valence-electron chi connectivity index (χ2n) is 4.64. The largest absolute Gasteiger partial charge is 0.363 e. The summed E-state index contributed by atoms with van der Waals surface area (Å²) in [7, 11) is 2.09. The van der Waals surface area contributed by atoms with Crippen molar-refractivity contribution in [3.8, 4) is 0 Å². The van der Waals surface area contributed by atoms with Crippen LogP contribution in [0.15, 0.2) is 12.4 Å². The second kappa shape index (κ2) is 6.04. The van der Waals surface area contributed by atoms with Crippen molar-refractivity contribution in [3.63, 3.8) is 0 Å². The molecule has 18 heavy (non-hydrogen) atoms. The molecule has 0 atom stereocenters. The molecule has 2 heterocycles. The van der Waals surface area contributed by atoms with Gasteiger partial charge in [0.15, 0.2) is 0 Å². The van der Waals surface area contributed by atoms with E-state index in [1.165, 1.54) is 6.20 Å². The number of nitrogens with one attached hydrogen (secondary N) is 1. The lowest BCUT2D eigenvalue weighted by molar-refractivity contribution is 0.163. The van der Waals surface area contributed by atoms with E-state index in [1.807, 2.05) is 0 Å². The standard InChI is InChI=1S/C12H18F2N4/c1-18-6-2-9(3-7-18)11-12(16-5-4-15-11)17-8-10(13)14/h4-5,9-10H,2-3,6-8H2,1H3,(H,16,17). The highest BCUT2D eigenvalue weighted by molar-refractivity contribution is 5.41. The molecule has 0 radical (unpaired) electrons. The number of hydrogen-bond donors (Lipinski definition) is 1. The summed E-state index contributed by atoms with van der Waals surface area (Å²) < 4.78 is 24.5. The van der Waals surface area contributed by atoms with Gasteiger partial charge in [0.25, 0.3) is 6.43 Å². The van der Waals surface area contributed by atoms with Crippen LogP contribution in [0.1, 0.15) is 24.5 Å². The van der Waals surface area contributed by atoms with E-state index in [2.05, 4.69) is 27.2 Å². The van der Waals surface area contributed by atoms with E-state index >= 15 is 0 Å². The summed E-state index contributed by atoms with van der Waals surface area (Å²) in [5.41, 5.74) is 0.825. The SMILES string of the molecule is CN1CCC(c2nccnc2NCC(F)F)CC1. The Kier molecular flexibility index (Phi) is 4.41. The molecule has 0 unspecified atom stereocenters. The summed E-state index contributed by atoms with van der Waals surface area (Å²) in [6.07, 6.45) is 2.78. The summed E-state index contributed by atoms with van der Waals surface area (Å²) in [6, 6.07) is 0. The molecule has 0 aromatic carbocycles. The monoisotopic (exact) mass is 256 g/mol. The first-order valence-electron chi connectivity index (χ1n) is 6.18. The lowest BCUT2D eigenvalue weighted by atomic mass is 9.93. The van der Waals surface area contributed by atoms with Crippen LogP contribution in [0.2, 0.25) is 0 Å². The molecular formula is C12H18F2N4. The number of alkyl halides is 2. The van der Waals surface area contributed by atoms with Gasteiger partial charge in [-0.3, -0.25) is 4.98 Å². The number of rotatable bonds is 4. The van der Waals surface area contributed by atoms with Gasteiger partial charge < -0.3 is 10.2 Å². The number of likely N-dealkylation sites (tertiary alicyclic amines) is 1. The Labute approximate surface area is 105 Å². The van der Waals surface area contributed by atoms with Gasteiger partial charge in [-0.05, 0) is 33.0 Å². The van der Waals surface area contributed by atoms with Crippen LogP contribution in [0.4, 0.5) is 14.6 Å². The van der Waals surface area contributed by atoms with Crippen molar-refractivity contribution in [1.29, 1.82) is 0 Å². The van der Waals surface area contributed by atoms with Gasteiger partial charge in [0.1, 0.15) is 5.82 Å². The molecule has 0 spiro atoms. The van der Waals surface area contributed by atoms with Crippen molar-refractivity contribution < 1.29 is 8.78 Å². The minimum Gasteiger partial charge on any atom is -0.363 e. The molecular weight excluding hydrogens is 238 g/mol. The normalized spacial score (nSPS) is 18.2. The number of aromatic nitrogens is 2. The lowest BCUT2D eigenvalue weighted by Gasteiger charge is -2.29. The Morgan fingerprint density at radius 2 is 2.00 bits per heavy atom. The molecule has 1 aliphatic rings. The zero-order chi connectivity index (χ0) is 13.0. The minimum absolute atomic E-state index is 0.315. The Bertz CT molecular complexity index is 378. The Morgan fingerprint density at radius 1 is 1.33 bits per heavy atom. The summed E-state index contributed by atoms with van der Waals surface area (Å²) in [5.74, 6) is 0.822. The van der Waals surface area contributed by atoms with E-state index in [9.17, 15) is 8.78 Å². The van der Waals surface area contributed by atoms with Gasteiger partial charge in [0.05, 0.1) is 12.2 Å². The summed E-state index contributed by atoms with van der Waals surface area (Å²) in [5, 5.41) is 2.68. The predicted molar refractivity (Wildman–Crippen MR) is 66.0 cm³/mol. The maximum Gasteiger partial charge on any atom is 0.255 e. The number of piperidine rings is 1. The maximum absolute atomic E-state index is 12.2. The molecule has 1 aromatic rings. The first kappa shape index (κ1) is 13.1. The first-order chi connectivity index (χ1) is 8.66.